The van der Waals surface area contributed by atoms with Crippen LogP contribution in [-0.4, -0.2) is 23.8 Å². The molecule has 1 saturated carbocycles. The summed E-state index contributed by atoms with van der Waals surface area (Å²) in [7, 11) is 0. The van der Waals surface area contributed by atoms with Crippen molar-refractivity contribution in [2.24, 2.45) is 5.73 Å². The van der Waals surface area contributed by atoms with Crippen molar-refractivity contribution in [1.29, 1.82) is 0 Å². The average molecular weight is 303 g/mol. The molecule has 0 spiro atoms. The van der Waals surface area contributed by atoms with Crippen LogP contribution in [0, 0.1) is 0 Å². The third-order valence-electron chi connectivity index (χ3n) is 3.56. The number of rotatable bonds is 4. The fourth-order valence-electron chi connectivity index (χ4n) is 2.37. The summed E-state index contributed by atoms with van der Waals surface area (Å²) in [6.07, 6.45) is 4.11. The van der Waals surface area contributed by atoms with Gasteiger partial charge in [-0.25, -0.2) is 0 Å². The molecule has 106 valence electrons. The summed E-state index contributed by atoms with van der Waals surface area (Å²) in [5.74, 6) is -0.125. The molecule has 6 heteroatoms. The highest BCUT2D eigenvalue weighted by molar-refractivity contribution is 7.12. The predicted octanol–water partition coefficient (Wildman–Crippen LogP) is 2.37. The highest BCUT2D eigenvalue weighted by atomic mass is 35.5. The number of hydrogen-bond donors (Lipinski definition) is 2. The van der Waals surface area contributed by atoms with E-state index < -0.39 is 0 Å². The minimum atomic E-state index is -0.239. The number of Topliss-reactive ketones (excluding diaryl/α,β-unsaturated/α-hetero) is 1. The third-order valence-corrected chi connectivity index (χ3v) is 4.49. The Kier molecular flexibility index (Phi) is 5.52. The zero-order chi connectivity index (χ0) is 13.2. The van der Waals surface area contributed by atoms with Crippen LogP contribution in [0.4, 0.5) is 0 Å². The van der Waals surface area contributed by atoms with Crippen molar-refractivity contribution in [1.82, 2.24) is 5.32 Å². The molecule has 3 N–H and O–H groups in total. The first-order valence-corrected chi connectivity index (χ1v) is 7.06. The van der Waals surface area contributed by atoms with Gasteiger partial charge in [0.15, 0.2) is 5.78 Å². The topological polar surface area (TPSA) is 72.2 Å². The number of amides is 1. The van der Waals surface area contributed by atoms with Gasteiger partial charge >= 0.3 is 0 Å². The van der Waals surface area contributed by atoms with E-state index in [1.807, 2.05) is 0 Å². The minimum absolute atomic E-state index is 0. The molecule has 0 aliphatic heterocycles. The van der Waals surface area contributed by atoms with Gasteiger partial charge in [-0.2, -0.15) is 0 Å². The molecular formula is C13H19ClN2O2S. The second kappa shape index (κ2) is 6.50. The Labute approximate surface area is 123 Å². The van der Waals surface area contributed by atoms with E-state index in [4.69, 9.17) is 5.73 Å². The van der Waals surface area contributed by atoms with E-state index in [2.05, 4.69) is 5.32 Å². The molecule has 1 fully saturated rings. The summed E-state index contributed by atoms with van der Waals surface area (Å²) in [5, 5.41) is 4.77. The van der Waals surface area contributed by atoms with Crippen LogP contribution in [0.15, 0.2) is 11.4 Å². The van der Waals surface area contributed by atoms with Crippen molar-refractivity contribution >= 4 is 35.4 Å². The molecule has 0 atom stereocenters. The maximum Gasteiger partial charge on any atom is 0.261 e. The lowest BCUT2D eigenvalue weighted by atomic mass is 9.98. The smallest absolute Gasteiger partial charge is 0.261 e. The number of carbonyl (C=O) groups excluding carboxylic acids is 2. The van der Waals surface area contributed by atoms with E-state index in [9.17, 15) is 9.59 Å². The summed E-state index contributed by atoms with van der Waals surface area (Å²) in [4.78, 5) is 23.9. The molecule has 4 nitrogen and oxygen atoms in total. The Morgan fingerprint density at radius 1 is 1.42 bits per heavy atom. The molecule has 19 heavy (non-hydrogen) atoms. The van der Waals surface area contributed by atoms with Crippen LogP contribution in [0.2, 0.25) is 0 Å². The summed E-state index contributed by atoms with van der Waals surface area (Å²) in [6.45, 7) is 1.98. The molecule has 1 amide bonds. The normalized spacial score (nSPS) is 16.7. The molecule has 1 aliphatic carbocycles. The van der Waals surface area contributed by atoms with Gasteiger partial charge in [0, 0.05) is 17.5 Å². The Morgan fingerprint density at radius 2 is 2.05 bits per heavy atom. The van der Waals surface area contributed by atoms with Crippen LogP contribution in [0.3, 0.4) is 0 Å². The van der Waals surface area contributed by atoms with Gasteiger partial charge in [-0.3, -0.25) is 9.59 Å². The highest BCUT2D eigenvalue weighted by Crippen LogP contribution is 2.29. The van der Waals surface area contributed by atoms with Crippen molar-refractivity contribution in [2.75, 3.05) is 6.54 Å². The average Bonchev–Trinajstić information content (AvgIpc) is 2.98. The van der Waals surface area contributed by atoms with Gasteiger partial charge in [0.2, 0.25) is 0 Å². The molecule has 0 unspecified atom stereocenters. The summed E-state index contributed by atoms with van der Waals surface area (Å²) >= 11 is 1.30. The predicted molar refractivity (Wildman–Crippen MR) is 79.3 cm³/mol. The largest absolute Gasteiger partial charge is 0.345 e. The maximum absolute atomic E-state index is 12.1. The van der Waals surface area contributed by atoms with Gasteiger partial charge in [-0.15, -0.1) is 23.7 Å². The highest BCUT2D eigenvalue weighted by Gasteiger charge is 2.34. The molecule has 0 radical (unpaired) electrons. The fraction of sp³-hybridized carbons (Fsp3) is 0.538. The Bertz CT molecular complexity index is 467. The van der Waals surface area contributed by atoms with Crippen molar-refractivity contribution in [3.63, 3.8) is 0 Å². The minimum Gasteiger partial charge on any atom is -0.345 e. The van der Waals surface area contributed by atoms with E-state index in [0.29, 0.717) is 17.0 Å². The number of nitrogens with one attached hydrogen (secondary N) is 1. The standard InChI is InChI=1S/C13H18N2O2S.ClH/c1-9(16)10-6-11(18-7-10)12(17)15-13(8-14)4-2-3-5-13;/h6-7H,2-5,8,14H2,1H3,(H,15,17);1H. The number of nitrogens with two attached hydrogens (primary N) is 1. The van der Waals surface area contributed by atoms with Crippen LogP contribution >= 0.6 is 23.7 Å². The fourth-order valence-corrected chi connectivity index (χ4v) is 3.22. The van der Waals surface area contributed by atoms with Crippen LogP contribution in [0.25, 0.3) is 0 Å². The van der Waals surface area contributed by atoms with Gasteiger partial charge < -0.3 is 11.1 Å². The van der Waals surface area contributed by atoms with Crippen LogP contribution in [0.5, 0.6) is 0 Å². The lowest BCUT2D eigenvalue weighted by Crippen LogP contribution is -2.51. The van der Waals surface area contributed by atoms with Gasteiger partial charge in [0.05, 0.1) is 10.4 Å². The van der Waals surface area contributed by atoms with Crippen LogP contribution in [0.1, 0.15) is 52.6 Å². The molecular weight excluding hydrogens is 284 g/mol. The molecule has 1 aliphatic rings. The Hall–Kier alpha value is -0.910. The molecule has 0 bridgehead atoms. The van der Waals surface area contributed by atoms with E-state index in [-0.39, 0.29) is 29.6 Å². The number of carbonyl (C=O) groups is 2. The maximum atomic E-state index is 12.1. The monoisotopic (exact) mass is 302 g/mol. The van der Waals surface area contributed by atoms with Crippen LogP contribution < -0.4 is 11.1 Å². The van der Waals surface area contributed by atoms with Crippen LogP contribution in [-0.2, 0) is 0 Å². The number of thiophene rings is 1. The first-order valence-electron chi connectivity index (χ1n) is 6.18. The SMILES string of the molecule is CC(=O)c1csc(C(=O)NC2(CN)CCCC2)c1.Cl. The zero-order valence-corrected chi connectivity index (χ0v) is 12.5. The lowest BCUT2D eigenvalue weighted by Gasteiger charge is -2.28. The lowest BCUT2D eigenvalue weighted by molar-refractivity contribution is 0.0907. The first kappa shape index (κ1) is 16.1. The second-order valence-electron chi connectivity index (χ2n) is 4.90. The quantitative estimate of drug-likeness (QED) is 0.839. The van der Waals surface area contributed by atoms with E-state index in [1.165, 1.54) is 18.3 Å². The van der Waals surface area contributed by atoms with Crippen molar-refractivity contribution in [3.8, 4) is 0 Å². The number of hydrogen-bond acceptors (Lipinski definition) is 4. The zero-order valence-electron chi connectivity index (χ0n) is 10.9. The van der Waals surface area contributed by atoms with Crippen molar-refractivity contribution < 1.29 is 9.59 Å². The molecule has 1 aromatic rings. The van der Waals surface area contributed by atoms with Crippen molar-refractivity contribution in [2.45, 2.75) is 38.1 Å². The van der Waals surface area contributed by atoms with Gasteiger partial charge in [-0.05, 0) is 25.8 Å². The molecule has 2 rings (SSSR count). The Balaban J connectivity index is 0.00000180. The molecule has 1 aromatic heterocycles. The van der Waals surface area contributed by atoms with E-state index in [1.54, 1.807) is 11.4 Å². The van der Waals surface area contributed by atoms with Crippen molar-refractivity contribution in [3.05, 3.63) is 21.9 Å². The van der Waals surface area contributed by atoms with E-state index >= 15 is 0 Å². The third kappa shape index (κ3) is 3.55. The molecule has 1 heterocycles. The molecule has 0 aromatic carbocycles. The van der Waals surface area contributed by atoms with E-state index in [0.717, 1.165) is 25.7 Å². The summed E-state index contributed by atoms with van der Waals surface area (Å²) < 4.78 is 0. The summed E-state index contributed by atoms with van der Waals surface area (Å²) in [5.41, 5.74) is 6.14. The summed E-state index contributed by atoms with van der Waals surface area (Å²) in [6, 6.07) is 1.65. The van der Waals surface area contributed by atoms with Gasteiger partial charge in [0.1, 0.15) is 0 Å². The molecule has 0 saturated heterocycles. The second-order valence-corrected chi connectivity index (χ2v) is 5.81. The van der Waals surface area contributed by atoms with Gasteiger partial charge in [-0.1, -0.05) is 12.8 Å². The number of halogens is 1. The first-order chi connectivity index (χ1) is 8.56. The Morgan fingerprint density at radius 3 is 2.53 bits per heavy atom. The number of ketones is 1. The van der Waals surface area contributed by atoms with Gasteiger partial charge in [0.25, 0.3) is 5.91 Å².